The molecule has 0 heteroatoms. The molecular weight excluding hydrogens is 132 g/mol. The van der Waals surface area contributed by atoms with Crippen LogP contribution in [0.2, 0.25) is 0 Å². The molecule has 0 spiro atoms. The molecule has 0 saturated heterocycles. The predicted octanol–water partition coefficient (Wildman–Crippen LogP) is 3.88. The van der Waals surface area contributed by atoms with Crippen LogP contribution in [0.5, 0.6) is 0 Å². The molecule has 0 N–H and O–H groups in total. The van der Waals surface area contributed by atoms with Crippen LogP contribution in [0.15, 0.2) is 11.6 Å². The molecule has 0 saturated carbocycles. The van der Waals surface area contributed by atoms with Crippen LogP contribution in [0, 0.1) is 17.8 Å². The average Bonchev–Trinajstić information content (AvgIpc) is 1.81. The van der Waals surface area contributed by atoms with Crippen LogP contribution in [0.25, 0.3) is 0 Å². The zero-order valence-electron chi connectivity index (χ0n) is 8.81. The van der Waals surface area contributed by atoms with Crippen molar-refractivity contribution in [3.8, 4) is 0 Å². The van der Waals surface area contributed by atoms with E-state index in [-0.39, 0.29) is 0 Å². The topological polar surface area (TPSA) is 0 Å². The summed E-state index contributed by atoms with van der Waals surface area (Å²) in [6.45, 7) is 13.5. The molecular formula is C11H22. The molecule has 0 amide bonds. The van der Waals surface area contributed by atoms with Gasteiger partial charge in [-0.2, -0.15) is 0 Å². The minimum Gasteiger partial charge on any atom is -0.0823 e. The van der Waals surface area contributed by atoms with E-state index in [9.17, 15) is 0 Å². The lowest BCUT2D eigenvalue weighted by atomic mass is 9.84. The summed E-state index contributed by atoms with van der Waals surface area (Å²) in [7, 11) is 0. The molecule has 0 unspecified atom stereocenters. The lowest BCUT2D eigenvalue weighted by Gasteiger charge is -2.21. The molecule has 0 atom stereocenters. The van der Waals surface area contributed by atoms with Gasteiger partial charge in [0.15, 0.2) is 0 Å². The third kappa shape index (κ3) is 4.23. The van der Waals surface area contributed by atoms with Crippen LogP contribution < -0.4 is 0 Å². The Hall–Kier alpha value is -0.260. The second-order valence-electron chi connectivity index (χ2n) is 4.31. The quantitative estimate of drug-likeness (QED) is 0.541. The molecule has 0 aromatic rings. The van der Waals surface area contributed by atoms with Crippen LogP contribution >= 0.6 is 0 Å². The normalized spacial score (nSPS) is 11.4. The first-order valence-electron chi connectivity index (χ1n) is 4.60. The van der Waals surface area contributed by atoms with Crippen LogP contribution in [0.1, 0.15) is 41.5 Å². The Bertz CT molecular complexity index is 117. The fourth-order valence-corrected chi connectivity index (χ4v) is 1.54. The molecule has 0 radical (unpaired) electrons. The summed E-state index contributed by atoms with van der Waals surface area (Å²) < 4.78 is 0. The van der Waals surface area contributed by atoms with E-state index in [1.807, 2.05) is 0 Å². The third-order valence-corrected chi connectivity index (χ3v) is 2.07. The van der Waals surface area contributed by atoms with Gasteiger partial charge in [0.2, 0.25) is 0 Å². The Balaban J connectivity index is 4.24. The molecule has 0 heterocycles. The lowest BCUT2D eigenvalue weighted by Crippen LogP contribution is -2.12. The zero-order valence-corrected chi connectivity index (χ0v) is 8.81. The third-order valence-electron chi connectivity index (χ3n) is 2.07. The highest BCUT2D eigenvalue weighted by atomic mass is 14.2. The Morgan fingerprint density at radius 1 is 0.909 bits per heavy atom. The van der Waals surface area contributed by atoms with Crippen LogP contribution in [0.4, 0.5) is 0 Å². The zero-order chi connectivity index (χ0) is 9.02. The van der Waals surface area contributed by atoms with E-state index in [0.29, 0.717) is 0 Å². The van der Waals surface area contributed by atoms with Gasteiger partial charge in [-0.3, -0.25) is 0 Å². The summed E-state index contributed by atoms with van der Waals surface area (Å²) in [5.74, 6) is 2.29. The highest BCUT2D eigenvalue weighted by Crippen LogP contribution is 2.22. The number of rotatable bonds is 3. The van der Waals surface area contributed by atoms with Gasteiger partial charge in [0.25, 0.3) is 0 Å². The number of hydrogen-bond donors (Lipinski definition) is 0. The summed E-state index contributed by atoms with van der Waals surface area (Å²) in [6.07, 6.45) is 2.40. The van der Waals surface area contributed by atoms with E-state index in [2.05, 4.69) is 47.6 Å². The van der Waals surface area contributed by atoms with Gasteiger partial charge in [-0.25, -0.2) is 0 Å². The van der Waals surface area contributed by atoms with Crippen molar-refractivity contribution in [2.45, 2.75) is 41.5 Å². The molecule has 0 fully saturated rings. The van der Waals surface area contributed by atoms with Crippen LogP contribution in [-0.4, -0.2) is 0 Å². The summed E-state index contributed by atoms with van der Waals surface area (Å²) in [5, 5.41) is 0. The number of hydrogen-bond acceptors (Lipinski definition) is 0. The van der Waals surface area contributed by atoms with Gasteiger partial charge in [0, 0.05) is 0 Å². The van der Waals surface area contributed by atoms with Crippen molar-refractivity contribution in [3.63, 3.8) is 0 Å². The van der Waals surface area contributed by atoms with E-state index in [1.165, 1.54) is 5.57 Å². The maximum atomic E-state index is 2.40. The molecule has 0 aliphatic rings. The van der Waals surface area contributed by atoms with Gasteiger partial charge < -0.3 is 0 Å². The van der Waals surface area contributed by atoms with Gasteiger partial charge in [0.05, 0.1) is 0 Å². The standard InChI is InChI=1S/C11H22/c1-8(2)7-11(9(3)4)10(5)6/h7,9-11H,1-6H3. The minimum atomic E-state index is 0.750. The van der Waals surface area contributed by atoms with Crippen molar-refractivity contribution in [2.75, 3.05) is 0 Å². The molecule has 0 aromatic heterocycles. The first-order chi connectivity index (χ1) is 4.95. The largest absolute Gasteiger partial charge is 0.0823 e. The fraction of sp³-hybridized carbons (Fsp3) is 0.818. The molecule has 0 aliphatic carbocycles. The van der Waals surface area contributed by atoms with E-state index >= 15 is 0 Å². The van der Waals surface area contributed by atoms with Crippen molar-refractivity contribution in [1.29, 1.82) is 0 Å². The Morgan fingerprint density at radius 3 is 1.36 bits per heavy atom. The smallest absolute Gasteiger partial charge is 0.0185 e. The Labute approximate surface area is 71.7 Å². The van der Waals surface area contributed by atoms with E-state index in [0.717, 1.165) is 17.8 Å². The maximum absolute atomic E-state index is 2.40. The fourth-order valence-electron chi connectivity index (χ4n) is 1.54. The summed E-state index contributed by atoms with van der Waals surface area (Å²) >= 11 is 0. The van der Waals surface area contributed by atoms with Crippen LogP contribution in [-0.2, 0) is 0 Å². The summed E-state index contributed by atoms with van der Waals surface area (Å²) in [5.41, 5.74) is 1.44. The summed E-state index contributed by atoms with van der Waals surface area (Å²) in [4.78, 5) is 0. The molecule has 66 valence electrons. The Kier molecular flexibility index (Phi) is 4.48. The predicted molar refractivity (Wildman–Crippen MR) is 52.6 cm³/mol. The summed E-state index contributed by atoms with van der Waals surface area (Å²) in [6, 6.07) is 0. The van der Waals surface area contributed by atoms with Crippen LogP contribution in [0.3, 0.4) is 0 Å². The van der Waals surface area contributed by atoms with Crippen molar-refractivity contribution >= 4 is 0 Å². The lowest BCUT2D eigenvalue weighted by molar-refractivity contribution is 0.354. The van der Waals surface area contributed by atoms with Crippen molar-refractivity contribution in [3.05, 3.63) is 11.6 Å². The van der Waals surface area contributed by atoms with Crippen molar-refractivity contribution in [1.82, 2.24) is 0 Å². The average molecular weight is 154 g/mol. The molecule has 0 rings (SSSR count). The van der Waals surface area contributed by atoms with E-state index in [1.54, 1.807) is 0 Å². The highest BCUT2D eigenvalue weighted by Gasteiger charge is 2.13. The monoisotopic (exact) mass is 154 g/mol. The van der Waals surface area contributed by atoms with Gasteiger partial charge in [-0.15, -0.1) is 0 Å². The molecule has 0 aliphatic heterocycles. The van der Waals surface area contributed by atoms with Gasteiger partial charge >= 0.3 is 0 Å². The van der Waals surface area contributed by atoms with Crippen molar-refractivity contribution < 1.29 is 0 Å². The minimum absolute atomic E-state index is 0.750. The maximum Gasteiger partial charge on any atom is -0.0185 e. The van der Waals surface area contributed by atoms with E-state index < -0.39 is 0 Å². The van der Waals surface area contributed by atoms with Crippen molar-refractivity contribution in [2.24, 2.45) is 17.8 Å². The van der Waals surface area contributed by atoms with Gasteiger partial charge in [-0.1, -0.05) is 39.3 Å². The second kappa shape index (κ2) is 4.58. The first-order valence-corrected chi connectivity index (χ1v) is 4.60. The Morgan fingerprint density at radius 2 is 1.27 bits per heavy atom. The number of allylic oxidation sites excluding steroid dienone is 2. The molecule has 0 aromatic carbocycles. The molecule has 0 bridgehead atoms. The van der Waals surface area contributed by atoms with Gasteiger partial charge in [-0.05, 0) is 31.6 Å². The SMILES string of the molecule is CC(C)=CC(C(C)C)C(C)C. The molecule has 0 nitrogen and oxygen atoms in total. The van der Waals surface area contributed by atoms with E-state index in [4.69, 9.17) is 0 Å². The first kappa shape index (κ1) is 10.7. The second-order valence-corrected chi connectivity index (χ2v) is 4.31. The highest BCUT2D eigenvalue weighted by molar-refractivity contribution is 4.99. The molecule has 11 heavy (non-hydrogen) atoms. The van der Waals surface area contributed by atoms with Gasteiger partial charge in [0.1, 0.15) is 0 Å².